The zero-order chi connectivity index (χ0) is 28.6. The number of hydrogen-bond acceptors (Lipinski definition) is 12. The van der Waals surface area contributed by atoms with Crippen LogP contribution in [0.4, 0.5) is 0 Å². The Bertz CT molecular complexity index is 673. The predicted molar refractivity (Wildman–Crippen MR) is 128 cm³/mol. The van der Waals surface area contributed by atoms with E-state index in [1.54, 1.807) is 41.5 Å². The second-order valence-electron chi connectivity index (χ2n) is 10.4. The minimum Gasteiger partial charge on any atom is -0.467 e. The van der Waals surface area contributed by atoms with Crippen molar-refractivity contribution in [1.82, 2.24) is 0 Å². The molecule has 0 aromatic carbocycles. The van der Waals surface area contributed by atoms with Gasteiger partial charge in [0.2, 0.25) is 0 Å². The molecule has 0 aromatic heterocycles. The lowest BCUT2D eigenvalue weighted by molar-refractivity contribution is -0.169. The van der Waals surface area contributed by atoms with Crippen molar-refractivity contribution in [1.29, 1.82) is 0 Å². The second-order valence-corrected chi connectivity index (χ2v) is 10.4. The highest BCUT2D eigenvalue weighted by molar-refractivity contribution is 5.80. The van der Waals surface area contributed by atoms with Crippen LogP contribution in [0.5, 0.6) is 0 Å². The molecule has 37 heavy (non-hydrogen) atoms. The maximum atomic E-state index is 13.0. The molecule has 0 amide bonds. The smallest absolute Gasteiger partial charge is 0.311 e. The maximum Gasteiger partial charge on any atom is 0.311 e. The lowest BCUT2D eigenvalue weighted by atomic mass is 9.75. The summed E-state index contributed by atoms with van der Waals surface area (Å²) in [5.41, 5.74) is -4.08. The SMILES string of the molecule is CCC(COC=O)(COC=O)COC(=O)C(C)(C)CC(C)(C)C(=O)OCC(CC)(COC=O)COC=O. The Morgan fingerprint density at radius 1 is 0.541 bits per heavy atom. The summed E-state index contributed by atoms with van der Waals surface area (Å²) in [6.45, 7) is 10.2. The summed E-state index contributed by atoms with van der Waals surface area (Å²) in [6, 6.07) is 0. The van der Waals surface area contributed by atoms with Gasteiger partial charge < -0.3 is 28.4 Å². The fourth-order valence-corrected chi connectivity index (χ4v) is 3.78. The Kier molecular flexibility index (Phi) is 14.5. The number of hydrogen-bond donors (Lipinski definition) is 0. The van der Waals surface area contributed by atoms with E-state index in [1.807, 2.05) is 0 Å². The summed E-state index contributed by atoms with van der Waals surface area (Å²) in [6.07, 6.45) is 0.837. The Hall–Kier alpha value is -3.18. The van der Waals surface area contributed by atoms with Crippen LogP contribution in [0.15, 0.2) is 0 Å². The Labute approximate surface area is 217 Å². The van der Waals surface area contributed by atoms with E-state index in [0.29, 0.717) is 12.8 Å². The van der Waals surface area contributed by atoms with Crippen LogP contribution in [0.1, 0.15) is 60.8 Å². The Morgan fingerprint density at radius 2 is 0.811 bits per heavy atom. The molecule has 0 saturated carbocycles. The molecule has 0 aliphatic carbocycles. The molecule has 0 radical (unpaired) electrons. The molecule has 0 fully saturated rings. The highest BCUT2D eigenvalue weighted by Gasteiger charge is 2.43. The zero-order valence-corrected chi connectivity index (χ0v) is 22.6. The van der Waals surface area contributed by atoms with E-state index in [0.717, 1.165) is 0 Å². The number of carbonyl (C=O) groups is 6. The van der Waals surface area contributed by atoms with Crippen LogP contribution in [0.25, 0.3) is 0 Å². The highest BCUT2D eigenvalue weighted by atomic mass is 16.6. The molecule has 0 heterocycles. The van der Waals surface area contributed by atoms with Gasteiger partial charge in [0.1, 0.15) is 39.6 Å². The van der Waals surface area contributed by atoms with Crippen LogP contribution in [0.2, 0.25) is 0 Å². The Morgan fingerprint density at radius 3 is 1.03 bits per heavy atom. The van der Waals surface area contributed by atoms with Gasteiger partial charge in [0.05, 0.1) is 21.7 Å². The second kappa shape index (κ2) is 15.8. The first-order chi connectivity index (χ1) is 17.3. The predicted octanol–water partition coefficient (Wildman–Crippen LogP) is 2.00. The quantitative estimate of drug-likeness (QED) is 0.114. The average Bonchev–Trinajstić information content (AvgIpc) is 2.87. The van der Waals surface area contributed by atoms with E-state index in [9.17, 15) is 28.8 Å². The minimum absolute atomic E-state index is 0.0568. The van der Waals surface area contributed by atoms with Gasteiger partial charge in [0.25, 0.3) is 25.9 Å². The van der Waals surface area contributed by atoms with E-state index in [4.69, 9.17) is 28.4 Å². The molecule has 212 valence electrons. The van der Waals surface area contributed by atoms with Crippen molar-refractivity contribution < 1.29 is 57.2 Å². The largest absolute Gasteiger partial charge is 0.467 e. The third-order valence-corrected chi connectivity index (χ3v) is 6.34. The van der Waals surface area contributed by atoms with E-state index >= 15 is 0 Å². The standard InChI is InChI=1S/C25H40O12/c1-7-24(10-32-16-26,11-33-17-27)14-36-20(30)22(3,4)9-23(5,6)21(31)37-15-25(8-2,12-34-18-28)13-35-19-29/h16-19H,7-15H2,1-6H3. The summed E-state index contributed by atoms with van der Waals surface area (Å²) in [5.74, 6) is -1.21. The molecule has 12 heteroatoms. The van der Waals surface area contributed by atoms with Crippen molar-refractivity contribution in [2.24, 2.45) is 21.7 Å². The maximum absolute atomic E-state index is 13.0. The summed E-state index contributed by atoms with van der Waals surface area (Å²) < 4.78 is 30.4. The van der Waals surface area contributed by atoms with Gasteiger partial charge in [-0.25, -0.2) is 0 Å². The molecule has 0 bridgehead atoms. The summed E-state index contributed by atoms with van der Waals surface area (Å²) >= 11 is 0. The third kappa shape index (κ3) is 11.2. The number of ether oxygens (including phenoxy) is 6. The van der Waals surface area contributed by atoms with Crippen LogP contribution in [0, 0.1) is 21.7 Å². The van der Waals surface area contributed by atoms with Crippen LogP contribution in [-0.4, -0.2) is 77.5 Å². The average molecular weight is 533 g/mol. The molecule has 0 N–H and O–H groups in total. The first-order valence-corrected chi connectivity index (χ1v) is 11.9. The van der Waals surface area contributed by atoms with Crippen LogP contribution < -0.4 is 0 Å². The molecule has 12 nitrogen and oxygen atoms in total. The highest BCUT2D eigenvalue weighted by Crippen LogP contribution is 2.37. The van der Waals surface area contributed by atoms with E-state index in [1.165, 1.54) is 0 Å². The molecule has 0 aromatic rings. The minimum atomic E-state index is -1.12. The van der Waals surface area contributed by atoms with Crippen molar-refractivity contribution in [2.45, 2.75) is 60.8 Å². The van der Waals surface area contributed by atoms with E-state index < -0.39 is 33.6 Å². The van der Waals surface area contributed by atoms with Crippen molar-refractivity contribution >= 4 is 37.8 Å². The molecule has 0 unspecified atom stereocenters. The van der Waals surface area contributed by atoms with Gasteiger partial charge in [-0.3, -0.25) is 28.8 Å². The summed E-state index contributed by atoms with van der Waals surface area (Å²) in [4.78, 5) is 68.6. The zero-order valence-electron chi connectivity index (χ0n) is 22.6. The van der Waals surface area contributed by atoms with Gasteiger partial charge >= 0.3 is 11.9 Å². The monoisotopic (exact) mass is 532 g/mol. The van der Waals surface area contributed by atoms with E-state index in [2.05, 4.69) is 0 Å². The number of rotatable bonds is 22. The summed E-state index contributed by atoms with van der Waals surface area (Å²) in [7, 11) is 0. The molecular formula is C25H40O12. The fourth-order valence-electron chi connectivity index (χ4n) is 3.78. The fraction of sp³-hybridized carbons (Fsp3) is 0.760. The van der Waals surface area contributed by atoms with Crippen molar-refractivity contribution in [2.75, 3.05) is 39.6 Å². The lowest BCUT2D eigenvalue weighted by Gasteiger charge is -2.35. The van der Waals surface area contributed by atoms with Gasteiger partial charge in [0.15, 0.2) is 0 Å². The van der Waals surface area contributed by atoms with Crippen molar-refractivity contribution in [3.8, 4) is 0 Å². The molecule has 0 rings (SSSR count). The first kappa shape index (κ1) is 33.8. The van der Waals surface area contributed by atoms with Gasteiger partial charge in [-0.1, -0.05) is 13.8 Å². The van der Waals surface area contributed by atoms with E-state index in [-0.39, 0.29) is 72.0 Å². The van der Waals surface area contributed by atoms with Crippen LogP contribution in [0.3, 0.4) is 0 Å². The normalized spacial score (nSPS) is 12.1. The first-order valence-electron chi connectivity index (χ1n) is 11.9. The molecule has 0 saturated heterocycles. The van der Waals surface area contributed by atoms with Gasteiger partial charge in [0, 0.05) is 0 Å². The van der Waals surface area contributed by atoms with Gasteiger partial charge in [-0.2, -0.15) is 0 Å². The molecule has 0 aliphatic heterocycles. The number of esters is 2. The van der Waals surface area contributed by atoms with Crippen LogP contribution >= 0.6 is 0 Å². The molecule has 0 spiro atoms. The van der Waals surface area contributed by atoms with Crippen molar-refractivity contribution in [3.05, 3.63) is 0 Å². The molecule has 0 atom stereocenters. The topological polar surface area (TPSA) is 158 Å². The summed E-state index contributed by atoms with van der Waals surface area (Å²) in [5, 5.41) is 0. The lowest BCUT2D eigenvalue weighted by Crippen LogP contribution is -2.42. The molecular weight excluding hydrogens is 492 g/mol. The van der Waals surface area contributed by atoms with Gasteiger partial charge in [-0.15, -0.1) is 0 Å². The molecule has 0 aliphatic rings. The van der Waals surface area contributed by atoms with Crippen LogP contribution in [-0.2, 0) is 57.2 Å². The number of carbonyl (C=O) groups excluding carboxylic acids is 6. The van der Waals surface area contributed by atoms with Gasteiger partial charge in [-0.05, 0) is 47.0 Å². The van der Waals surface area contributed by atoms with Crippen molar-refractivity contribution in [3.63, 3.8) is 0 Å². The Balaban J connectivity index is 5.37. The third-order valence-electron chi connectivity index (χ3n) is 6.34.